The van der Waals surface area contributed by atoms with E-state index in [1.165, 1.54) is 6.33 Å². The van der Waals surface area contributed by atoms with E-state index in [0.717, 1.165) is 5.56 Å². The molecule has 0 bridgehead atoms. The quantitative estimate of drug-likeness (QED) is 0.733. The van der Waals surface area contributed by atoms with Crippen LogP contribution in [-0.4, -0.2) is 40.9 Å². The molecule has 0 saturated heterocycles. The van der Waals surface area contributed by atoms with Crippen molar-refractivity contribution in [2.24, 2.45) is 0 Å². The zero-order valence-corrected chi connectivity index (χ0v) is 11.7. The average molecular weight is 279 g/mol. The number of hydrogen-bond acceptors (Lipinski definition) is 8. The summed E-state index contributed by atoms with van der Waals surface area (Å²) in [6.45, 7) is 3.00. The Morgan fingerprint density at radius 2 is 1.90 bits per heavy atom. The maximum Gasteiger partial charge on any atom is 0.227 e. The first-order chi connectivity index (χ1) is 9.74. The molecule has 0 saturated carbocycles. The maximum absolute atomic E-state index is 5.19. The van der Waals surface area contributed by atoms with Crippen molar-refractivity contribution in [2.75, 3.05) is 20.8 Å². The van der Waals surface area contributed by atoms with Gasteiger partial charge in [0.15, 0.2) is 5.82 Å². The first-order valence-corrected chi connectivity index (χ1v) is 6.16. The number of ether oxygens (including phenoxy) is 2. The topological polar surface area (TPSA) is 95.2 Å². The zero-order valence-electron chi connectivity index (χ0n) is 11.7. The lowest BCUT2D eigenvalue weighted by Crippen LogP contribution is -2.18. The van der Waals surface area contributed by atoms with Crippen LogP contribution in [0.4, 0.5) is 0 Å². The van der Waals surface area contributed by atoms with Crippen LogP contribution in [0.5, 0.6) is 11.8 Å². The van der Waals surface area contributed by atoms with Crippen molar-refractivity contribution < 1.29 is 14.0 Å². The SMILES string of the molecule is COc1ncnc(OC)c1CNCCc1nc(C)no1. The molecule has 0 aliphatic rings. The van der Waals surface area contributed by atoms with Gasteiger partial charge in [-0.15, -0.1) is 0 Å². The van der Waals surface area contributed by atoms with Gasteiger partial charge in [-0.1, -0.05) is 5.16 Å². The molecule has 0 aliphatic heterocycles. The van der Waals surface area contributed by atoms with Crippen LogP contribution >= 0.6 is 0 Å². The highest BCUT2D eigenvalue weighted by Gasteiger charge is 2.12. The van der Waals surface area contributed by atoms with E-state index < -0.39 is 0 Å². The number of aryl methyl sites for hydroxylation is 1. The van der Waals surface area contributed by atoms with Crippen LogP contribution in [0.1, 0.15) is 17.3 Å². The second kappa shape index (κ2) is 6.80. The standard InChI is InChI=1S/C12H17N5O3/c1-8-16-10(20-17-8)4-5-13-6-9-11(18-2)14-7-15-12(9)19-3/h7,13H,4-6H2,1-3H3. The lowest BCUT2D eigenvalue weighted by atomic mass is 10.3. The summed E-state index contributed by atoms with van der Waals surface area (Å²) in [5.41, 5.74) is 0.777. The molecule has 0 radical (unpaired) electrons. The van der Waals surface area contributed by atoms with E-state index in [-0.39, 0.29) is 0 Å². The van der Waals surface area contributed by atoms with E-state index in [4.69, 9.17) is 14.0 Å². The Labute approximate surface area is 116 Å². The molecule has 2 heterocycles. The van der Waals surface area contributed by atoms with Gasteiger partial charge in [-0.3, -0.25) is 0 Å². The molecule has 0 spiro atoms. The van der Waals surface area contributed by atoms with Crippen LogP contribution in [0.25, 0.3) is 0 Å². The molecule has 0 fully saturated rings. The maximum atomic E-state index is 5.19. The fourth-order valence-electron chi connectivity index (χ4n) is 1.73. The summed E-state index contributed by atoms with van der Waals surface area (Å²) >= 11 is 0. The van der Waals surface area contributed by atoms with Crippen LogP contribution in [-0.2, 0) is 13.0 Å². The summed E-state index contributed by atoms with van der Waals surface area (Å²) in [6.07, 6.45) is 2.06. The van der Waals surface area contributed by atoms with Crippen LogP contribution < -0.4 is 14.8 Å². The Morgan fingerprint density at radius 3 is 2.45 bits per heavy atom. The highest BCUT2D eigenvalue weighted by molar-refractivity contribution is 5.34. The molecule has 20 heavy (non-hydrogen) atoms. The third kappa shape index (κ3) is 3.41. The smallest absolute Gasteiger partial charge is 0.227 e. The molecule has 0 amide bonds. The van der Waals surface area contributed by atoms with Crippen LogP contribution in [0.2, 0.25) is 0 Å². The molecule has 0 aromatic carbocycles. The lowest BCUT2D eigenvalue weighted by molar-refractivity contribution is 0.357. The molecule has 2 aromatic rings. The fourth-order valence-corrected chi connectivity index (χ4v) is 1.73. The Balaban J connectivity index is 1.90. The molecule has 2 rings (SSSR count). The molecule has 1 N–H and O–H groups in total. The van der Waals surface area contributed by atoms with Crippen molar-refractivity contribution in [1.82, 2.24) is 25.4 Å². The zero-order chi connectivity index (χ0) is 14.4. The minimum absolute atomic E-state index is 0.498. The minimum atomic E-state index is 0.498. The van der Waals surface area contributed by atoms with E-state index in [0.29, 0.717) is 43.0 Å². The van der Waals surface area contributed by atoms with Crippen LogP contribution in [0.3, 0.4) is 0 Å². The van der Waals surface area contributed by atoms with Crippen molar-refractivity contribution in [1.29, 1.82) is 0 Å². The largest absolute Gasteiger partial charge is 0.481 e. The average Bonchev–Trinajstić information content (AvgIpc) is 2.89. The van der Waals surface area contributed by atoms with Crippen LogP contribution in [0.15, 0.2) is 10.9 Å². The summed E-state index contributed by atoms with van der Waals surface area (Å²) in [7, 11) is 3.12. The Kier molecular flexibility index (Phi) is 4.83. The van der Waals surface area contributed by atoms with E-state index in [1.54, 1.807) is 21.1 Å². The van der Waals surface area contributed by atoms with Crippen LogP contribution in [0, 0.1) is 6.92 Å². The van der Waals surface area contributed by atoms with Crippen molar-refractivity contribution in [3.8, 4) is 11.8 Å². The number of hydrogen-bond donors (Lipinski definition) is 1. The Morgan fingerprint density at radius 1 is 1.20 bits per heavy atom. The predicted octanol–water partition coefficient (Wildman–Crippen LogP) is 0.518. The first-order valence-electron chi connectivity index (χ1n) is 6.16. The van der Waals surface area contributed by atoms with Gasteiger partial charge in [0, 0.05) is 19.5 Å². The van der Waals surface area contributed by atoms with Crippen molar-refractivity contribution >= 4 is 0 Å². The van der Waals surface area contributed by atoms with Gasteiger partial charge in [-0.2, -0.15) is 4.98 Å². The third-order valence-electron chi connectivity index (χ3n) is 2.64. The normalized spacial score (nSPS) is 10.6. The second-order valence-electron chi connectivity index (χ2n) is 4.03. The highest BCUT2D eigenvalue weighted by Crippen LogP contribution is 2.22. The molecule has 0 unspecified atom stereocenters. The predicted molar refractivity (Wildman–Crippen MR) is 69.6 cm³/mol. The van der Waals surface area contributed by atoms with Crippen molar-refractivity contribution in [3.63, 3.8) is 0 Å². The first kappa shape index (κ1) is 14.2. The molecule has 8 heteroatoms. The molecule has 8 nitrogen and oxygen atoms in total. The summed E-state index contributed by atoms with van der Waals surface area (Å²) in [5, 5.41) is 6.98. The lowest BCUT2D eigenvalue weighted by Gasteiger charge is -2.11. The molecule has 2 aromatic heterocycles. The van der Waals surface area contributed by atoms with Crippen molar-refractivity contribution in [3.05, 3.63) is 23.6 Å². The van der Waals surface area contributed by atoms with E-state index in [2.05, 4.69) is 25.4 Å². The number of methoxy groups -OCH3 is 2. The van der Waals surface area contributed by atoms with Gasteiger partial charge in [-0.05, 0) is 6.92 Å². The highest BCUT2D eigenvalue weighted by atomic mass is 16.5. The monoisotopic (exact) mass is 279 g/mol. The van der Waals surface area contributed by atoms with Gasteiger partial charge in [-0.25, -0.2) is 9.97 Å². The molecule has 0 aliphatic carbocycles. The van der Waals surface area contributed by atoms with E-state index >= 15 is 0 Å². The number of rotatable bonds is 7. The summed E-state index contributed by atoms with van der Waals surface area (Å²) in [5.74, 6) is 2.24. The summed E-state index contributed by atoms with van der Waals surface area (Å²) in [4.78, 5) is 12.2. The number of nitrogens with zero attached hydrogens (tertiary/aromatic N) is 4. The third-order valence-corrected chi connectivity index (χ3v) is 2.64. The van der Waals surface area contributed by atoms with Gasteiger partial charge in [0.25, 0.3) is 0 Å². The molecule has 108 valence electrons. The molecular formula is C12H17N5O3. The number of nitrogens with one attached hydrogen (secondary N) is 1. The second-order valence-corrected chi connectivity index (χ2v) is 4.03. The summed E-state index contributed by atoms with van der Waals surface area (Å²) in [6, 6.07) is 0. The Hall–Kier alpha value is -2.22. The van der Waals surface area contributed by atoms with Gasteiger partial charge in [0.05, 0.1) is 19.8 Å². The minimum Gasteiger partial charge on any atom is -0.481 e. The summed E-state index contributed by atoms with van der Waals surface area (Å²) < 4.78 is 15.4. The van der Waals surface area contributed by atoms with E-state index in [1.807, 2.05) is 0 Å². The molecular weight excluding hydrogens is 262 g/mol. The van der Waals surface area contributed by atoms with Gasteiger partial charge in [0.1, 0.15) is 6.33 Å². The Bertz CT molecular complexity index is 536. The van der Waals surface area contributed by atoms with Crippen molar-refractivity contribution in [2.45, 2.75) is 19.9 Å². The van der Waals surface area contributed by atoms with E-state index in [9.17, 15) is 0 Å². The van der Waals surface area contributed by atoms with Gasteiger partial charge in [0.2, 0.25) is 17.7 Å². The molecule has 0 atom stereocenters. The fraction of sp³-hybridized carbons (Fsp3) is 0.500. The van der Waals surface area contributed by atoms with Gasteiger partial charge < -0.3 is 19.3 Å². The van der Waals surface area contributed by atoms with Gasteiger partial charge >= 0.3 is 0 Å². The number of aromatic nitrogens is 4.